The molecule has 0 bridgehead atoms. The minimum atomic E-state index is -3.92. The fourth-order valence-electron chi connectivity index (χ4n) is 1.41. The van der Waals surface area contributed by atoms with Crippen LogP contribution in [0.2, 0.25) is 0 Å². The van der Waals surface area contributed by atoms with Crippen LogP contribution >= 0.6 is 0 Å². The molecule has 1 rings (SSSR count). The topological polar surface area (TPSA) is 98.5 Å². The molecule has 0 aromatic heterocycles. The van der Waals surface area contributed by atoms with Crippen molar-refractivity contribution >= 4 is 15.7 Å². The van der Waals surface area contributed by atoms with Crippen LogP contribution in [0.4, 0.5) is 5.69 Å². The van der Waals surface area contributed by atoms with Crippen LogP contribution in [0.1, 0.15) is 19.4 Å². The summed E-state index contributed by atoms with van der Waals surface area (Å²) in [7, 11) is -3.92. The van der Waals surface area contributed by atoms with Crippen molar-refractivity contribution in [2.75, 3.05) is 6.61 Å². The maximum Gasteiger partial charge on any atom is 0.273 e. The summed E-state index contributed by atoms with van der Waals surface area (Å²) in [6.45, 7) is 5.34. The van der Waals surface area contributed by atoms with Crippen LogP contribution in [0.5, 0.6) is 0 Å². The third-order valence-corrected chi connectivity index (χ3v) is 3.69. The van der Waals surface area contributed by atoms with Gasteiger partial charge in [0.15, 0.2) is 0 Å². The molecule has 1 N–H and O–H groups in total. The lowest BCUT2D eigenvalue weighted by Gasteiger charge is -2.10. The van der Waals surface area contributed by atoms with E-state index in [2.05, 4.69) is 0 Å². The van der Waals surface area contributed by atoms with Gasteiger partial charge in [-0.05, 0) is 18.9 Å². The van der Waals surface area contributed by atoms with Gasteiger partial charge in [0.2, 0.25) is 0 Å². The van der Waals surface area contributed by atoms with Crippen molar-refractivity contribution in [2.45, 2.75) is 25.7 Å². The standard InChI is InChI=1S/C11H16N2O5S/c1-8(2)7-18-12-19(16,17)11-6-4-5-10(9(11)3)13(14)15/h4-6,8,12H,7H2,1-3H3. The Bertz CT molecular complexity index is 568. The first-order valence-electron chi connectivity index (χ1n) is 5.63. The average Bonchev–Trinajstić information content (AvgIpc) is 2.27. The molecule has 1 aromatic rings. The van der Waals surface area contributed by atoms with Gasteiger partial charge in [0.05, 0.1) is 16.4 Å². The molecule has 0 amide bonds. The van der Waals surface area contributed by atoms with E-state index in [1.54, 1.807) is 0 Å². The van der Waals surface area contributed by atoms with Gasteiger partial charge >= 0.3 is 0 Å². The number of nitrogens with zero attached hydrogens (tertiary/aromatic N) is 1. The van der Waals surface area contributed by atoms with Crippen LogP contribution < -0.4 is 4.89 Å². The van der Waals surface area contributed by atoms with Gasteiger partial charge in [-0.25, -0.2) is 8.42 Å². The molecule has 0 aliphatic heterocycles. The number of nitro benzene ring substituents is 1. The second kappa shape index (κ2) is 6.09. The number of sulfonamides is 1. The molecule has 106 valence electrons. The fraction of sp³-hybridized carbons (Fsp3) is 0.455. The highest BCUT2D eigenvalue weighted by molar-refractivity contribution is 7.89. The van der Waals surface area contributed by atoms with Crippen LogP contribution in [-0.4, -0.2) is 19.9 Å². The van der Waals surface area contributed by atoms with Crippen molar-refractivity contribution < 1.29 is 18.2 Å². The van der Waals surface area contributed by atoms with Gasteiger partial charge in [-0.3, -0.25) is 15.0 Å². The van der Waals surface area contributed by atoms with Gasteiger partial charge in [-0.1, -0.05) is 24.8 Å². The molecule has 0 atom stereocenters. The molecule has 19 heavy (non-hydrogen) atoms. The summed E-state index contributed by atoms with van der Waals surface area (Å²) < 4.78 is 23.9. The van der Waals surface area contributed by atoms with E-state index in [0.29, 0.717) is 0 Å². The zero-order valence-electron chi connectivity index (χ0n) is 10.9. The van der Waals surface area contributed by atoms with Gasteiger partial charge in [0.1, 0.15) is 0 Å². The summed E-state index contributed by atoms with van der Waals surface area (Å²) in [5.74, 6) is 0.161. The lowest BCUT2D eigenvalue weighted by atomic mass is 10.2. The second-order valence-corrected chi connectivity index (χ2v) is 6.06. The molecule has 7 nitrogen and oxygen atoms in total. The van der Waals surface area contributed by atoms with Gasteiger partial charge in [-0.2, -0.15) is 0 Å². The summed E-state index contributed by atoms with van der Waals surface area (Å²) in [6, 6.07) is 3.87. The van der Waals surface area contributed by atoms with E-state index in [-0.39, 0.29) is 28.7 Å². The highest BCUT2D eigenvalue weighted by Gasteiger charge is 2.23. The monoisotopic (exact) mass is 288 g/mol. The lowest BCUT2D eigenvalue weighted by Crippen LogP contribution is -2.26. The van der Waals surface area contributed by atoms with Crippen LogP contribution in [0, 0.1) is 23.0 Å². The number of hydrogen-bond donors (Lipinski definition) is 1. The predicted molar refractivity (Wildman–Crippen MR) is 68.9 cm³/mol. The SMILES string of the molecule is Cc1c([N+](=O)[O-])cccc1S(=O)(=O)NOCC(C)C. The summed E-state index contributed by atoms with van der Waals surface area (Å²) in [6.07, 6.45) is 0. The first-order valence-corrected chi connectivity index (χ1v) is 7.11. The Hall–Kier alpha value is -1.51. The van der Waals surface area contributed by atoms with Crippen molar-refractivity contribution in [2.24, 2.45) is 5.92 Å². The van der Waals surface area contributed by atoms with Crippen molar-refractivity contribution in [1.82, 2.24) is 4.89 Å². The molecule has 8 heteroatoms. The molecular weight excluding hydrogens is 272 g/mol. The Balaban J connectivity index is 3.02. The summed E-state index contributed by atoms with van der Waals surface area (Å²) in [4.78, 5) is 16.8. The predicted octanol–water partition coefficient (Wildman–Crippen LogP) is 1.77. The van der Waals surface area contributed by atoms with E-state index < -0.39 is 14.9 Å². The van der Waals surface area contributed by atoms with E-state index in [9.17, 15) is 18.5 Å². The van der Waals surface area contributed by atoms with Crippen molar-refractivity contribution in [3.8, 4) is 0 Å². The molecule has 1 aromatic carbocycles. The zero-order valence-corrected chi connectivity index (χ0v) is 11.7. The lowest BCUT2D eigenvalue weighted by molar-refractivity contribution is -0.385. The smallest absolute Gasteiger partial charge is 0.273 e. The number of hydrogen-bond acceptors (Lipinski definition) is 5. The molecule has 0 aliphatic rings. The first-order chi connectivity index (χ1) is 8.75. The van der Waals surface area contributed by atoms with Gasteiger partial charge in [0.25, 0.3) is 15.7 Å². The zero-order chi connectivity index (χ0) is 14.6. The molecule has 0 saturated carbocycles. The quantitative estimate of drug-likeness (QED) is 0.635. The molecule has 0 spiro atoms. The Kier molecular flexibility index (Phi) is 4.98. The second-order valence-electron chi connectivity index (χ2n) is 4.45. The van der Waals surface area contributed by atoms with Crippen LogP contribution in [0.25, 0.3) is 0 Å². The van der Waals surface area contributed by atoms with Gasteiger partial charge in [-0.15, -0.1) is 0 Å². The summed E-state index contributed by atoms with van der Waals surface area (Å²) >= 11 is 0. The molecule has 0 aliphatic carbocycles. The molecule has 0 fully saturated rings. The Morgan fingerprint density at radius 3 is 2.58 bits per heavy atom. The molecule has 0 unspecified atom stereocenters. The average molecular weight is 288 g/mol. The van der Waals surface area contributed by atoms with Gasteiger partial charge < -0.3 is 0 Å². The van der Waals surface area contributed by atoms with E-state index in [1.165, 1.54) is 25.1 Å². The molecule has 0 radical (unpaired) electrons. The van der Waals surface area contributed by atoms with Crippen molar-refractivity contribution in [1.29, 1.82) is 0 Å². The maximum absolute atomic E-state index is 12.0. The highest BCUT2D eigenvalue weighted by Crippen LogP contribution is 2.24. The fourth-order valence-corrected chi connectivity index (χ4v) is 2.49. The first kappa shape index (κ1) is 15.5. The van der Waals surface area contributed by atoms with E-state index >= 15 is 0 Å². The molecule has 0 heterocycles. The Labute approximate surface area is 111 Å². The Morgan fingerprint density at radius 2 is 2.05 bits per heavy atom. The third-order valence-electron chi connectivity index (χ3n) is 2.33. The van der Waals surface area contributed by atoms with E-state index in [1.807, 2.05) is 18.7 Å². The van der Waals surface area contributed by atoms with Crippen LogP contribution in [0.3, 0.4) is 0 Å². The van der Waals surface area contributed by atoms with Crippen molar-refractivity contribution in [3.05, 3.63) is 33.9 Å². The number of benzene rings is 1. The maximum atomic E-state index is 12.0. The highest BCUT2D eigenvalue weighted by atomic mass is 32.2. The largest absolute Gasteiger partial charge is 0.287 e. The summed E-state index contributed by atoms with van der Waals surface area (Å²) in [5.41, 5.74) is -0.167. The normalized spacial score (nSPS) is 11.8. The van der Waals surface area contributed by atoms with Gasteiger partial charge in [0, 0.05) is 11.6 Å². The molecule has 0 saturated heterocycles. The number of nitro groups is 1. The summed E-state index contributed by atoms with van der Waals surface area (Å²) in [5, 5.41) is 10.8. The third kappa shape index (κ3) is 3.98. The Morgan fingerprint density at radius 1 is 1.42 bits per heavy atom. The number of rotatable bonds is 6. The van der Waals surface area contributed by atoms with E-state index in [4.69, 9.17) is 4.84 Å². The minimum absolute atomic E-state index is 0.0770. The minimum Gasteiger partial charge on any atom is -0.287 e. The van der Waals surface area contributed by atoms with E-state index in [0.717, 1.165) is 0 Å². The molecular formula is C11H16N2O5S. The van der Waals surface area contributed by atoms with Crippen LogP contribution in [0.15, 0.2) is 23.1 Å². The van der Waals surface area contributed by atoms with Crippen LogP contribution in [-0.2, 0) is 14.9 Å². The van der Waals surface area contributed by atoms with Crippen molar-refractivity contribution in [3.63, 3.8) is 0 Å². The number of nitrogens with one attached hydrogen (secondary N) is 1.